The van der Waals surface area contributed by atoms with Gasteiger partial charge in [-0.2, -0.15) is 0 Å². The van der Waals surface area contributed by atoms with Gasteiger partial charge in [-0.05, 0) is 19.4 Å². The molecule has 4 N–H and O–H groups in total. The first-order valence-electron chi connectivity index (χ1n) is 4.77. The highest BCUT2D eigenvalue weighted by Crippen LogP contribution is 1.96. The highest BCUT2D eigenvalue weighted by Gasteiger charge is 2.17. The van der Waals surface area contributed by atoms with Gasteiger partial charge in [-0.15, -0.1) is 12.3 Å². The minimum atomic E-state index is -1.11. The van der Waals surface area contributed by atoms with Crippen molar-refractivity contribution in [2.24, 2.45) is 5.73 Å². The molecule has 0 aliphatic carbocycles. The van der Waals surface area contributed by atoms with E-state index in [9.17, 15) is 9.59 Å². The van der Waals surface area contributed by atoms with Crippen LogP contribution in [0.4, 0.5) is 0 Å². The third kappa shape index (κ3) is 6.52. The predicted octanol–water partition coefficient (Wildman–Crippen LogP) is -0.292. The molecule has 5 nitrogen and oxygen atoms in total. The number of carbonyl (C=O) groups is 2. The number of nitrogens with one attached hydrogen (secondary N) is 1. The fraction of sp³-hybridized carbons (Fsp3) is 0.600. The van der Waals surface area contributed by atoms with Crippen LogP contribution in [-0.4, -0.2) is 29.6 Å². The number of aliphatic carboxylic acids is 1. The quantitative estimate of drug-likeness (QED) is 0.399. The summed E-state index contributed by atoms with van der Waals surface area (Å²) in [5.74, 6) is 0.795. The third-order valence-electron chi connectivity index (χ3n) is 1.81. The molecule has 1 amide bonds. The Morgan fingerprint density at radius 1 is 1.47 bits per heavy atom. The van der Waals surface area contributed by atoms with Gasteiger partial charge in [0.25, 0.3) is 0 Å². The molecule has 0 saturated heterocycles. The summed E-state index contributed by atoms with van der Waals surface area (Å²) in [5, 5.41) is 11.0. The van der Waals surface area contributed by atoms with Gasteiger partial charge in [0.15, 0.2) is 0 Å². The van der Waals surface area contributed by atoms with Crippen LogP contribution >= 0.6 is 0 Å². The maximum atomic E-state index is 11.2. The van der Waals surface area contributed by atoms with Crippen LogP contribution in [0.2, 0.25) is 0 Å². The first kappa shape index (κ1) is 13.5. The van der Waals surface area contributed by atoms with Crippen LogP contribution in [0.1, 0.15) is 25.7 Å². The van der Waals surface area contributed by atoms with Gasteiger partial charge in [0, 0.05) is 12.8 Å². The summed E-state index contributed by atoms with van der Waals surface area (Å²) in [6.07, 6.45) is 6.67. The van der Waals surface area contributed by atoms with Crippen LogP contribution in [0, 0.1) is 12.3 Å². The van der Waals surface area contributed by atoms with Crippen LogP contribution < -0.4 is 11.1 Å². The van der Waals surface area contributed by atoms with E-state index in [1.165, 1.54) is 0 Å². The summed E-state index contributed by atoms with van der Waals surface area (Å²) in [6, 6.07) is -0.986. The van der Waals surface area contributed by atoms with E-state index in [1.807, 2.05) is 0 Å². The lowest BCUT2D eigenvalue weighted by Crippen LogP contribution is -2.40. The first-order valence-corrected chi connectivity index (χ1v) is 4.77. The molecule has 0 rings (SSSR count). The molecular formula is C10H16N2O3. The maximum absolute atomic E-state index is 11.2. The molecule has 0 heterocycles. The van der Waals surface area contributed by atoms with E-state index in [4.69, 9.17) is 17.3 Å². The number of unbranched alkanes of at least 4 members (excludes halogenated alkanes) is 1. The number of terminal acetylenes is 1. The average molecular weight is 212 g/mol. The van der Waals surface area contributed by atoms with E-state index in [0.717, 1.165) is 6.42 Å². The maximum Gasteiger partial charge on any atom is 0.327 e. The summed E-state index contributed by atoms with van der Waals surface area (Å²) in [7, 11) is 0. The van der Waals surface area contributed by atoms with E-state index >= 15 is 0 Å². The summed E-state index contributed by atoms with van der Waals surface area (Å²) in [5.41, 5.74) is 5.26. The van der Waals surface area contributed by atoms with Crippen LogP contribution in [0.25, 0.3) is 0 Å². The molecule has 0 spiro atoms. The lowest BCUT2D eigenvalue weighted by molar-refractivity contribution is -0.141. The Labute approximate surface area is 89.0 Å². The van der Waals surface area contributed by atoms with Crippen molar-refractivity contribution in [3.8, 4) is 12.3 Å². The van der Waals surface area contributed by atoms with Gasteiger partial charge >= 0.3 is 5.97 Å². The van der Waals surface area contributed by atoms with Gasteiger partial charge in [0.05, 0.1) is 0 Å². The zero-order valence-corrected chi connectivity index (χ0v) is 8.53. The van der Waals surface area contributed by atoms with Gasteiger partial charge in [0.2, 0.25) is 5.91 Å². The number of carboxylic acid groups (broad SMARTS) is 1. The topological polar surface area (TPSA) is 92.4 Å². The molecule has 84 valence electrons. The molecule has 1 unspecified atom stereocenters. The van der Waals surface area contributed by atoms with Gasteiger partial charge in [-0.3, -0.25) is 4.79 Å². The molecule has 0 radical (unpaired) electrons. The van der Waals surface area contributed by atoms with E-state index in [1.54, 1.807) is 0 Å². The Morgan fingerprint density at radius 3 is 2.60 bits per heavy atom. The highest BCUT2D eigenvalue weighted by atomic mass is 16.4. The molecule has 0 aromatic heterocycles. The molecular weight excluding hydrogens is 196 g/mol. The van der Waals surface area contributed by atoms with Crippen LogP contribution in [0.15, 0.2) is 0 Å². The van der Waals surface area contributed by atoms with E-state index in [-0.39, 0.29) is 18.7 Å². The van der Waals surface area contributed by atoms with Crippen LogP contribution in [-0.2, 0) is 9.59 Å². The van der Waals surface area contributed by atoms with E-state index < -0.39 is 12.0 Å². The van der Waals surface area contributed by atoms with Gasteiger partial charge in [-0.1, -0.05) is 0 Å². The Bertz CT molecular complexity index is 258. The Morgan fingerprint density at radius 2 is 2.13 bits per heavy atom. The lowest BCUT2D eigenvalue weighted by Gasteiger charge is -2.11. The molecule has 0 aliphatic heterocycles. The van der Waals surface area contributed by atoms with Crippen molar-refractivity contribution in [1.29, 1.82) is 0 Å². The number of rotatable bonds is 7. The minimum Gasteiger partial charge on any atom is -0.480 e. The Balaban J connectivity index is 3.90. The van der Waals surface area contributed by atoms with Crippen molar-refractivity contribution < 1.29 is 14.7 Å². The summed E-state index contributed by atoms with van der Waals surface area (Å²) < 4.78 is 0. The van der Waals surface area contributed by atoms with Crippen molar-refractivity contribution >= 4 is 11.9 Å². The smallest absolute Gasteiger partial charge is 0.327 e. The number of hydrogen-bond acceptors (Lipinski definition) is 3. The lowest BCUT2D eigenvalue weighted by atomic mass is 10.2. The van der Waals surface area contributed by atoms with Crippen molar-refractivity contribution in [1.82, 2.24) is 5.32 Å². The second-order valence-electron chi connectivity index (χ2n) is 3.11. The van der Waals surface area contributed by atoms with Crippen molar-refractivity contribution in [2.45, 2.75) is 31.7 Å². The third-order valence-corrected chi connectivity index (χ3v) is 1.81. The second-order valence-corrected chi connectivity index (χ2v) is 3.11. The zero-order valence-electron chi connectivity index (χ0n) is 8.53. The van der Waals surface area contributed by atoms with Crippen molar-refractivity contribution in [3.05, 3.63) is 0 Å². The molecule has 0 aromatic carbocycles. The normalized spacial score (nSPS) is 11.5. The summed E-state index contributed by atoms with van der Waals surface area (Å²) >= 11 is 0. The van der Waals surface area contributed by atoms with Crippen molar-refractivity contribution in [2.75, 3.05) is 6.54 Å². The van der Waals surface area contributed by atoms with E-state index in [2.05, 4.69) is 11.2 Å². The van der Waals surface area contributed by atoms with Crippen LogP contribution in [0.3, 0.4) is 0 Å². The van der Waals surface area contributed by atoms with Crippen molar-refractivity contribution in [3.63, 3.8) is 0 Å². The average Bonchev–Trinajstić information content (AvgIpc) is 2.17. The number of carbonyl (C=O) groups excluding carboxylic acids is 1. The minimum absolute atomic E-state index is 0.00202. The number of hydrogen-bond donors (Lipinski definition) is 3. The fourth-order valence-corrected chi connectivity index (χ4v) is 1.01. The molecule has 0 bridgehead atoms. The first-order chi connectivity index (χ1) is 7.11. The molecule has 0 aromatic rings. The van der Waals surface area contributed by atoms with Gasteiger partial charge in [-0.25, -0.2) is 4.79 Å². The molecule has 0 fully saturated rings. The second kappa shape index (κ2) is 7.83. The SMILES string of the molecule is C#CCC(NC(=O)CCCCN)C(=O)O. The summed E-state index contributed by atoms with van der Waals surface area (Å²) in [4.78, 5) is 21.8. The predicted molar refractivity (Wildman–Crippen MR) is 55.9 cm³/mol. The molecule has 1 atom stereocenters. The molecule has 15 heavy (non-hydrogen) atoms. The fourth-order valence-electron chi connectivity index (χ4n) is 1.01. The standard InChI is InChI=1S/C10H16N2O3/c1-2-5-8(10(14)15)12-9(13)6-3-4-7-11/h1,8H,3-7,11H2,(H,12,13)(H,14,15). The molecule has 5 heteroatoms. The summed E-state index contributed by atoms with van der Waals surface area (Å²) in [6.45, 7) is 0.528. The largest absolute Gasteiger partial charge is 0.480 e. The Hall–Kier alpha value is -1.54. The Kier molecular flexibility index (Phi) is 7.02. The number of amides is 1. The molecule has 0 aliphatic rings. The van der Waals surface area contributed by atoms with E-state index in [0.29, 0.717) is 13.0 Å². The van der Waals surface area contributed by atoms with Gasteiger partial charge < -0.3 is 16.2 Å². The molecule has 0 saturated carbocycles. The highest BCUT2D eigenvalue weighted by molar-refractivity contribution is 5.83. The number of nitrogens with two attached hydrogens (primary N) is 1. The van der Waals surface area contributed by atoms with Crippen LogP contribution in [0.5, 0.6) is 0 Å². The monoisotopic (exact) mass is 212 g/mol. The zero-order chi connectivity index (χ0) is 11.7. The van der Waals surface area contributed by atoms with Gasteiger partial charge in [0.1, 0.15) is 6.04 Å². The number of carboxylic acids is 1.